The quantitative estimate of drug-likeness (QED) is 0.588. The van der Waals surface area contributed by atoms with Crippen molar-refractivity contribution < 1.29 is 19.1 Å². The number of imide groups is 1. The zero-order chi connectivity index (χ0) is 17.5. The Morgan fingerprint density at radius 1 is 1.08 bits per heavy atom. The van der Waals surface area contributed by atoms with Crippen LogP contribution in [-0.4, -0.2) is 17.8 Å². The second-order valence-electron chi connectivity index (χ2n) is 5.93. The zero-order valence-electron chi connectivity index (χ0n) is 14.2. The predicted molar refractivity (Wildman–Crippen MR) is 90.1 cm³/mol. The van der Waals surface area contributed by atoms with Gasteiger partial charge in [0.05, 0.1) is 6.42 Å². The molecule has 2 rings (SSSR count). The number of aryl methyl sites for hydroxylation is 2. The molecule has 2 amide bonds. The minimum absolute atomic E-state index is 0.151. The lowest BCUT2D eigenvalue weighted by atomic mass is 9.99. The fourth-order valence-corrected chi connectivity index (χ4v) is 2.72. The maximum Gasteiger partial charge on any atom is 0.310 e. The number of benzene rings is 1. The first-order valence-electron chi connectivity index (χ1n) is 8.35. The molecule has 1 aromatic carbocycles. The van der Waals surface area contributed by atoms with Crippen LogP contribution in [-0.2, 0) is 38.6 Å². The molecule has 0 unspecified atom stereocenters. The van der Waals surface area contributed by atoms with Gasteiger partial charge in [0, 0.05) is 11.6 Å². The Labute approximate surface area is 142 Å². The monoisotopic (exact) mass is 329 g/mol. The first kappa shape index (κ1) is 17.9. The summed E-state index contributed by atoms with van der Waals surface area (Å²) < 4.78 is 5.32. The number of nitrogens with one attached hydrogen (secondary N) is 1. The molecule has 0 radical (unpaired) electrons. The van der Waals surface area contributed by atoms with E-state index in [2.05, 4.69) is 37.4 Å². The van der Waals surface area contributed by atoms with Gasteiger partial charge < -0.3 is 4.74 Å². The molecule has 0 aromatic heterocycles. The van der Waals surface area contributed by atoms with Gasteiger partial charge in [-0.3, -0.25) is 19.7 Å². The van der Waals surface area contributed by atoms with E-state index in [1.807, 2.05) is 0 Å². The maximum absolute atomic E-state index is 12.0. The summed E-state index contributed by atoms with van der Waals surface area (Å²) in [6.07, 6.45) is 4.96. The molecular formula is C19H23NO4. The third kappa shape index (κ3) is 4.78. The molecule has 0 aliphatic carbocycles. The van der Waals surface area contributed by atoms with E-state index < -0.39 is 17.8 Å². The molecule has 0 saturated heterocycles. The van der Waals surface area contributed by atoms with E-state index in [0.717, 1.165) is 37.3 Å². The summed E-state index contributed by atoms with van der Waals surface area (Å²) in [5.41, 5.74) is 3.57. The van der Waals surface area contributed by atoms with Gasteiger partial charge in [0.15, 0.2) is 0 Å². The number of rotatable bonds is 8. The van der Waals surface area contributed by atoms with Gasteiger partial charge in [-0.15, -0.1) is 0 Å². The second kappa shape index (κ2) is 8.43. The van der Waals surface area contributed by atoms with Gasteiger partial charge in [0.25, 0.3) is 11.8 Å². The average Bonchev–Trinajstić information content (AvgIpc) is 2.85. The number of amides is 2. The summed E-state index contributed by atoms with van der Waals surface area (Å²) >= 11 is 0. The van der Waals surface area contributed by atoms with Gasteiger partial charge in [0.1, 0.15) is 6.61 Å². The Hall–Kier alpha value is -2.43. The highest BCUT2D eigenvalue weighted by atomic mass is 16.5. The van der Waals surface area contributed by atoms with E-state index in [1.165, 1.54) is 11.1 Å². The first-order valence-corrected chi connectivity index (χ1v) is 8.35. The fourth-order valence-electron chi connectivity index (χ4n) is 2.72. The summed E-state index contributed by atoms with van der Waals surface area (Å²) in [6.45, 7) is 4.42. The number of hydrogen-bond acceptors (Lipinski definition) is 4. The maximum atomic E-state index is 12.0. The minimum Gasteiger partial charge on any atom is -0.461 e. The Bertz CT molecular complexity index is 676. The molecule has 0 bridgehead atoms. The lowest BCUT2D eigenvalue weighted by Gasteiger charge is -2.12. The third-order valence-corrected chi connectivity index (χ3v) is 3.89. The SMILES string of the molecule is CCCc1ccc(CCC)c(COC(=O)CC2=CC(=O)NC2=O)c1. The van der Waals surface area contributed by atoms with Crippen molar-refractivity contribution >= 4 is 17.8 Å². The molecule has 24 heavy (non-hydrogen) atoms. The van der Waals surface area contributed by atoms with Crippen LogP contribution in [0.15, 0.2) is 29.8 Å². The van der Waals surface area contributed by atoms with Crippen LogP contribution in [0.5, 0.6) is 0 Å². The molecule has 0 atom stereocenters. The van der Waals surface area contributed by atoms with Crippen LogP contribution >= 0.6 is 0 Å². The molecule has 0 fully saturated rings. The van der Waals surface area contributed by atoms with E-state index in [4.69, 9.17) is 4.74 Å². The van der Waals surface area contributed by atoms with E-state index in [-0.39, 0.29) is 18.6 Å². The standard InChI is InChI=1S/C19H23NO4/c1-3-5-13-7-8-14(6-4-2)16(9-13)12-24-18(22)11-15-10-17(21)20-19(15)23/h7-10H,3-6,11-12H2,1-2H3,(H,20,21,23). The number of esters is 1. The molecule has 5 nitrogen and oxygen atoms in total. The van der Waals surface area contributed by atoms with Gasteiger partial charge in [-0.05, 0) is 29.5 Å². The van der Waals surface area contributed by atoms with Crippen molar-refractivity contribution in [1.29, 1.82) is 0 Å². The Morgan fingerprint density at radius 2 is 1.83 bits per heavy atom. The highest BCUT2D eigenvalue weighted by Crippen LogP contribution is 2.18. The highest BCUT2D eigenvalue weighted by Gasteiger charge is 2.23. The van der Waals surface area contributed by atoms with Crippen LogP contribution in [0.1, 0.15) is 49.8 Å². The number of ether oxygens (including phenoxy) is 1. The van der Waals surface area contributed by atoms with Crippen LogP contribution < -0.4 is 5.32 Å². The van der Waals surface area contributed by atoms with Crippen molar-refractivity contribution in [2.75, 3.05) is 0 Å². The van der Waals surface area contributed by atoms with Crippen LogP contribution in [0.25, 0.3) is 0 Å². The van der Waals surface area contributed by atoms with E-state index >= 15 is 0 Å². The molecule has 0 spiro atoms. The predicted octanol–water partition coefficient (Wildman–Crippen LogP) is 2.61. The van der Waals surface area contributed by atoms with Gasteiger partial charge in [-0.1, -0.05) is 44.9 Å². The molecule has 5 heteroatoms. The lowest BCUT2D eigenvalue weighted by molar-refractivity contribution is -0.144. The van der Waals surface area contributed by atoms with Gasteiger partial charge in [0.2, 0.25) is 0 Å². The van der Waals surface area contributed by atoms with Gasteiger partial charge in [-0.25, -0.2) is 0 Å². The minimum atomic E-state index is -0.520. The largest absolute Gasteiger partial charge is 0.461 e. The Morgan fingerprint density at radius 3 is 2.46 bits per heavy atom. The van der Waals surface area contributed by atoms with Crippen LogP contribution in [0.3, 0.4) is 0 Å². The Kier molecular flexibility index (Phi) is 6.29. The lowest BCUT2D eigenvalue weighted by Crippen LogP contribution is -2.23. The van der Waals surface area contributed by atoms with Crippen molar-refractivity contribution in [1.82, 2.24) is 5.32 Å². The van der Waals surface area contributed by atoms with Crippen molar-refractivity contribution in [3.05, 3.63) is 46.5 Å². The van der Waals surface area contributed by atoms with Crippen LogP contribution in [0, 0.1) is 0 Å². The third-order valence-electron chi connectivity index (χ3n) is 3.89. The van der Waals surface area contributed by atoms with E-state index in [9.17, 15) is 14.4 Å². The smallest absolute Gasteiger partial charge is 0.310 e. The molecular weight excluding hydrogens is 306 g/mol. The molecule has 1 aromatic rings. The summed E-state index contributed by atoms with van der Waals surface area (Å²) in [7, 11) is 0. The average molecular weight is 329 g/mol. The first-order chi connectivity index (χ1) is 11.5. The highest BCUT2D eigenvalue weighted by molar-refractivity contribution is 6.17. The van der Waals surface area contributed by atoms with E-state index in [1.54, 1.807) is 0 Å². The summed E-state index contributed by atoms with van der Waals surface area (Å²) in [4.78, 5) is 34.5. The van der Waals surface area contributed by atoms with Gasteiger partial charge >= 0.3 is 5.97 Å². The molecule has 128 valence electrons. The van der Waals surface area contributed by atoms with E-state index in [0.29, 0.717) is 0 Å². The normalized spacial score (nSPS) is 13.7. The van der Waals surface area contributed by atoms with Crippen LogP contribution in [0.4, 0.5) is 0 Å². The fraction of sp³-hybridized carbons (Fsp3) is 0.421. The zero-order valence-corrected chi connectivity index (χ0v) is 14.2. The summed E-state index contributed by atoms with van der Waals surface area (Å²) in [6, 6.07) is 6.31. The summed E-state index contributed by atoms with van der Waals surface area (Å²) in [5.74, 6) is -1.51. The van der Waals surface area contributed by atoms with Crippen LogP contribution in [0.2, 0.25) is 0 Å². The second-order valence-corrected chi connectivity index (χ2v) is 5.93. The van der Waals surface area contributed by atoms with Crippen molar-refractivity contribution in [3.8, 4) is 0 Å². The topological polar surface area (TPSA) is 72.5 Å². The molecule has 1 aliphatic rings. The molecule has 1 aliphatic heterocycles. The molecule has 0 saturated carbocycles. The molecule has 1 N–H and O–H groups in total. The molecule has 1 heterocycles. The van der Waals surface area contributed by atoms with Crippen molar-refractivity contribution in [2.45, 2.75) is 52.6 Å². The number of hydrogen-bond donors (Lipinski definition) is 1. The Balaban J connectivity index is 2.00. The summed E-state index contributed by atoms with van der Waals surface area (Å²) in [5, 5.41) is 2.12. The van der Waals surface area contributed by atoms with Crippen molar-refractivity contribution in [2.24, 2.45) is 0 Å². The van der Waals surface area contributed by atoms with Crippen molar-refractivity contribution in [3.63, 3.8) is 0 Å². The number of carbonyl (C=O) groups is 3. The van der Waals surface area contributed by atoms with Gasteiger partial charge in [-0.2, -0.15) is 0 Å². The number of carbonyl (C=O) groups excluding carboxylic acids is 3.